The molecule has 2 nitrogen and oxygen atoms in total. The summed E-state index contributed by atoms with van der Waals surface area (Å²) in [7, 11) is 1.48. The van der Waals surface area contributed by atoms with E-state index in [2.05, 4.69) is 4.98 Å². The van der Waals surface area contributed by atoms with E-state index >= 15 is 0 Å². The van der Waals surface area contributed by atoms with Crippen molar-refractivity contribution in [2.24, 2.45) is 7.05 Å². The maximum atomic E-state index is 13.3. The van der Waals surface area contributed by atoms with E-state index in [0.29, 0.717) is 0 Å². The Bertz CT molecular complexity index is 536. The van der Waals surface area contributed by atoms with Gasteiger partial charge in [-0.3, -0.25) is 0 Å². The second-order valence-electron chi connectivity index (χ2n) is 3.88. The van der Waals surface area contributed by atoms with E-state index < -0.39 is 11.1 Å². The topological polar surface area (TPSA) is 17.8 Å². The summed E-state index contributed by atoms with van der Waals surface area (Å²) in [6.07, 6.45) is -1.92. The second kappa shape index (κ2) is 4.31. The zero-order valence-corrected chi connectivity index (χ0v) is 10.2. The lowest BCUT2D eigenvalue weighted by Gasteiger charge is -2.29. The van der Waals surface area contributed by atoms with Gasteiger partial charge in [0.25, 0.3) is 0 Å². The predicted molar refractivity (Wildman–Crippen MR) is 62.3 cm³/mol. The van der Waals surface area contributed by atoms with Crippen molar-refractivity contribution < 1.29 is 13.2 Å². The molecule has 1 atom stereocenters. The van der Waals surface area contributed by atoms with Gasteiger partial charge in [0.05, 0.1) is 0 Å². The highest BCUT2D eigenvalue weighted by molar-refractivity contribution is 6.26. The molecule has 0 bridgehead atoms. The standard InChI is InChI=1S/C12H10ClF3N2/c1-18-8-7-17-10(18)11(13,12(14,15)16)9-5-3-2-4-6-9/h2-8H,1H3. The van der Waals surface area contributed by atoms with E-state index in [-0.39, 0.29) is 11.4 Å². The predicted octanol–water partition coefficient (Wildman–Crippen LogP) is 3.46. The van der Waals surface area contributed by atoms with Gasteiger partial charge in [-0.25, -0.2) is 4.98 Å². The SMILES string of the molecule is Cn1ccnc1C(Cl)(c1ccccc1)C(F)(F)F. The van der Waals surface area contributed by atoms with Crippen molar-refractivity contribution in [3.63, 3.8) is 0 Å². The third kappa shape index (κ3) is 1.88. The number of hydrogen-bond donors (Lipinski definition) is 0. The molecule has 0 saturated carbocycles. The van der Waals surface area contributed by atoms with E-state index in [9.17, 15) is 13.2 Å². The summed E-state index contributed by atoms with van der Waals surface area (Å²) in [5, 5.41) is 0. The fourth-order valence-corrected chi connectivity index (χ4v) is 2.09. The lowest BCUT2D eigenvalue weighted by Crippen LogP contribution is -2.40. The number of rotatable bonds is 2. The van der Waals surface area contributed by atoms with E-state index in [1.54, 1.807) is 6.07 Å². The van der Waals surface area contributed by atoms with Crippen LogP contribution in [0.4, 0.5) is 13.2 Å². The molecular weight excluding hydrogens is 265 g/mol. The zero-order chi connectivity index (χ0) is 13.4. The van der Waals surface area contributed by atoms with Gasteiger partial charge in [-0.1, -0.05) is 41.9 Å². The molecule has 0 N–H and O–H groups in total. The monoisotopic (exact) mass is 274 g/mol. The summed E-state index contributed by atoms with van der Waals surface area (Å²) in [6.45, 7) is 0. The van der Waals surface area contributed by atoms with E-state index in [4.69, 9.17) is 11.6 Å². The van der Waals surface area contributed by atoms with E-state index in [0.717, 1.165) is 0 Å². The van der Waals surface area contributed by atoms with Crippen LogP contribution < -0.4 is 0 Å². The molecule has 2 aromatic rings. The van der Waals surface area contributed by atoms with Crippen LogP contribution in [0.2, 0.25) is 0 Å². The van der Waals surface area contributed by atoms with Crippen LogP contribution >= 0.6 is 11.6 Å². The Kier molecular flexibility index (Phi) is 3.11. The Labute approximate surface area is 107 Å². The molecule has 0 spiro atoms. The second-order valence-corrected chi connectivity index (χ2v) is 4.45. The van der Waals surface area contributed by atoms with E-state index in [1.165, 1.54) is 48.3 Å². The molecule has 0 radical (unpaired) electrons. The highest BCUT2D eigenvalue weighted by Crippen LogP contribution is 2.48. The number of aromatic nitrogens is 2. The van der Waals surface area contributed by atoms with Crippen molar-refractivity contribution in [3.05, 3.63) is 54.1 Å². The molecule has 0 aliphatic rings. The fraction of sp³-hybridized carbons (Fsp3) is 0.250. The number of alkyl halides is 4. The van der Waals surface area contributed by atoms with Gasteiger partial charge in [0.2, 0.25) is 4.87 Å². The molecule has 0 aliphatic heterocycles. The van der Waals surface area contributed by atoms with Crippen LogP contribution in [0.25, 0.3) is 0 Å². The Morgan fingerprint density at radius 1 is 1.17 bits per heavy atom. The van der Waals surface area contributed by atoms with Crippen LogP contribution in [0.3, 0.4) is 0 Å². The Balaban J connectivity index is 2.67. The molecular formula is C12H10ClF3N2. The Hall–Kier alpha value is -1.49. The molecule has 6 heteroatoms. The summed E-state index contributed by atoms with van der Waals surface area (Å²) >= 11 is 5.90. The molecule has 0 fully saturated rings. The van der Waals surface area contributed by atoms with E-state index in [1.807, 2.05) is 0 Å². The average molecular weight is 275 g/mol. The van der Waals surface area contributed by atoms with Crippen molar-refractivity contribution in [1.82, 2.24) is 9.55 Å². The molecule has 1 heterocycles. The Morgan fingerprint density at radius 2 is 1.78 bits per heavy atom. The molecule has 1 aromatic carbocycles. The summed E-state index contributed by atoms with van der Waals surface area (Å²) < 4.78 is 41.3. The minimum Gasteiger partial charge on any atom is -0.336 e. The first kappa shape index (κ1) is 13.0. The number of imidazole rings is 1. The molecule has 0 saturated heterocycles. The first-order valence-electron chi connectivity index (χ1n) is 5.16. The maximum absolute atomic E-state index is 13.3. The summed E-state index contributed by atoms with van der Waals surface area (Å²) in [4.78, 5) is 1.11. The lowest BCUT2D eigenvalue weighted by molar-refractivity contribution is -0.156. The number of halogens is 4. The van der Waals surface area contributed by atoms with Gasteiger partial charge >= 0.3 is 6.18 Å². The first-order chi connectivity index (χ1) is 8.37. The highest BCUT2D eigenvalue weighted by atomic mass is 35.5. The van der Waals surface area contributed by atoms with Crippen molar-refractivity contribution >= 4 is 11.6 Å². The van der Waals surface area contributed by atoms with Gasteiger partial charge in [-0.05, 0) is 5.56 Å². The third-order valence-corrected chi connectivity index (χ3v) is 3.29. The van der Waals surface area contributed by atoms with Crippen molar-refractivity contribution in [2.45, 2.75) is 11.1 Å². The fourth-order valence-electron chi connectivity index (χ4n) is 1.78. The average Bonchev–Trinajstić information content (AvgIpc) is 2.74. The third-order valence-electron chi connectivity index (χ3n) is 2.69. The largest absolute Gasteiger partial charge is 0.418 e. The van der Waals surface area contributed by atoms with Gasteiger partial charge in [-0.15, -0.1) is 0 Å². The molecule has 0 aliphatic carbocycles. The van der Waals surface area contributed by atoms with Crippen LogP contribution in [0.15, 0.2) is 42.7 Å². The maximum Gasteiger partial charge on any atom is 0.418 e. The summed E-state index contributed by atoms with van der Waals surface area (Å²) in [5.74, 6) is -0.247. The van der Waals surface area contributed by atoms with Gasteiger partial charge in [-0.2, -0.15) is 13.2 Å². The van der Waals surface area contributed by atoms with Gasteiger partial charge in [0, 0.05) is 19.4 Å². The molecule has 1 aromatic heterocycles. The van der Waals surface area contributed by atoms with Crippen molar-refractivity contribution in [2.75, 3.05) is 0 Å². The van der Waals surface area contributed by atoms with Gasteiger partial charge in [0.1, 0.15) is 5.82 Å². The number of aryl methyl sites for hydroxylation is 1. The first-order valence-corrected chi connectivity index (χ1v) is 5.54. The minimum atomic E-state index is -4.64. The van der Waals surface area contributed by atoms with Gasteiger partial charge in [0.15, 0.2) is 0 Å². The molecule has 0 amide bonds. The van der Waals surface area contributed by atoms with Crippen molar-refractivity contribution in [3.8, 4) is 0 Å². The zero-order valence-electron chi connectivity index (χ0n) is 9.45. The quantitative estimate of drug-likeness (QED) is 0.767. The van der Waals surface area contributed by atoms with Crippen LogP contribution in [0, 0.1) is 0 Å². The molecule has 18 heavy (non-hydrogen) atoms. The van der Waals surface area contributed by atoms with Crippen LogP contribution in [-0.4, -0.2) is 15.7 Å². The summed E-state index contributed by atoms with van der Waals surface area (Å²) in [5.41, 5.74) is -0.0477. The van der Waals surface area contributed by atoms with Crippen LogP contribution in [0.1, 0.15) is 11.4 Å². The van der Waals surface area contributed by atoms with Crippen LogP contribution in [0.5, 0.6) is 0 Å². The smallest absolute Gasteiger partial charge is 0.336 e. The normalized spacial score (nSPS) is 15.4. The molecule has 96 valence electrons. The highest BCUT2D eigenvalue weighted by Gasteiger charge is 2.58. The van der Waals surface area contributed by atoms with Gasteiger partial charge < -0.3 is 4.57 Å². The number of hydrogen-bond acceptors (Lipinski definition) is 1. The van der Waals surface area contributed by atoms with Crippen LogP contribution in [-0.2, 0) is 11.9 Å². The lowest BCUT2D eigenvalue weighted by atomic mass is 9.96. The summed E-state index contributed by atoms with van der Waals surface area (Å²) in [6, 6.07) is 7.35. The minimum absolute atomic E-state index is 0.0477. The number of nitrogens with zero attached hydrogens (tertiary/aromatic N) is 2. The Morgan fingerprint density at radius 3 is 2.22 bits per heavy atom. The van der Waals surface area contributed by atoms with Crippen molar-refractivity contribution in [1.29, 1.82) is 0 Å². The molecule has 1 unspecified atom stereocenters. The molecule has 2 rings (SSSR count). The number of benzene rings is 1.